The molecule has 72 valence electrons. The third-order valence-electron chi connectivity index (χ3n) is 2.40. The van der Waals surface area contributed by atoms with E-state index in [0.717, 1.165) is 6.42 Å². The zero-order valence-corrected chi connectivity index (χ0v) is 6.69. The summed E-state index contributed by atoms with van der Waals surface area (Å²) >= 11 is 0. The van der Waals surface area contributed by atoms with Crippen molar-refractivity contribution >= 4 is 0 Å². The first-order chi connectivity index (χ1) is 5.55. The average molecular weight is 182 g/mol. The van der Waals surface area contributed by atoms with Gasteiger partial charge in [-0.25, -0.2) is 0 Å². The average Bonchev–Trinajstić information content (AvgIpc) is 2.03. The Hall–Kier alpha value is -0.290. The fourth-order valence-corrected chi connectivity index (χ4v) is 1.72. The molecule has 0 aromatic heterocycles. The van der Waals surface area contributed by atoms with Crippen LogP contribution >= 0.6 is 0 Å². The number of halogens is 3. The summed E-state index contributed by atoms with van der Waals surface area (Å²) in [6.45, 7) is 0. The van der Waals surface area contributed by atoms with Gasteiger partial charge in [0.2, 0.25) is 0 Å². The van der Waals surface area contributed by atoms with E-state index in [-0.39, 0.29) is 6.42 Å². The van der Waals surface area contributed by atoms with Crippen LogP contribution in [0.4, 0.5) is 13.2 Å². The first-order valence-electron chi connectivity index (χ1n) is 4.08. The van der Waals surface area contributed by atoms with Crippen molar-refractivity contribution in [1.29, 1.82) is 0 Å². The van der Waals surface area contributed by atoms with Gasteiger partial charge in [-0.15, -0.1) is 0 Å². The maximum Gasteiger partial charge on any atom is 0.393 e. The van der Waals surface area contributed by atoms with E-state index in [1.54, 1.807) is 0 Å². The Bertz CT molecular complexity index is 146. The molecule has 2 nitrogen and oxygen atoms in total. The quantitative estimate of drug-likeness (QED) is 0.477. The summed E-state index contributed by atoms with van der Waals surface area (Å²) < 4.78 is 36.8. The second-order valence-electron chi connectivity index (χ2n) is 3.21. The molecule has 1 rings (SSSR count). The highest BCUT2D eigenvalue weighted by Crippen LogP contribution is 2.37. The van der Waals surface area contributed by atoms with Crippen LogP contribution in [0.25, 0.3) is 0 Å². The molecule has 3 N–H and O–H groups in total. The number of nitrogens with two attached hydrogens (primary N) is 1. The van der Waals surface area contributed by atoms with E-state index in [0.29, 0.717) is 12.8 Å². The predicted molar refractivity (Wildman–Crippen MR) is 39.1 cm³/mol. The molecule has 2 unspecified atom stereocenters. The second-order valence-corrected chi connectivity index (χ2v) is 3.21. The molecule has 1 aliphatic carbocycles. The van der Waals surface area contributed by atoms with Crippen LogP contribution in [0.3, 0.4) is 0 Å². The van der Waals surface area contributed by atoms with Gasteiger partial charge in [-0.2, -0.15) is 13.2 Å². The molecule has 1 saturated carbocycles. The molecule has 0 spiro atoms. The minimum absolute atomic E-state index is 0.207. The Morgan fingerprint density at radius 2 is 1.75 bits per heavy atom. The van der Waals surface area contributed by atoms with Crippen molar-refractivity contribution in [2.75, 3.05) is 0 Å². The van der Waals surface area contributed by atoms with E-state index in [2.05, 4.69) is 5.43 Å². The molecule has 0 aromatic rings. The minimum Gasteiger partial charge on any atom is -0.271 e. The maximum absolute atomic E-state index is 12.3. The van der Waals surface area contributed by atoms with Crippen molar-refractivity contribution in [1.82, 2.24) is 5.43 Å². The van der Waals surface area contributed by atoms with Crippen molar-refractivity contribution in [3.8, 4) is 0 Å². The SMILES string of the molecule is NNC1CCCCC1C(F)(F)F. The number of hydrogen-bond acceptors (Lipinski definition) is 2. The Morgan fingerprint density at radius 3 is 2.17 bits per heavy atom. The molecule has 12 heavy (non-hydrogen) atoms. The molecule has 0 aliphatic heterocycles. The summed E-state index contributed by atoms with van der Waals surface area (Å²) in [7, 11) is 0. The molecule has 1 fully saturated rings. The van der Waals surface area contributed by atoms with Gasteiger partial charge in [-0.05, 0) is 12.8 Å². The highest BCUT2D eigenvalue weighted by atomic mass is 19.4. The van der Waals surface area contributed by atoms with Crippen molar-refractivity contribution in [2.45, 2.75) is 37.9 Å². The standard InChI is InChI=1S/C7H13F3N2/c8-7(9,10)5-3-1-2-4-6(5)12-11/h5-6,12H,1-4,11H2. The highest BCUT2D eigenvalue weighted by molar-refractivity contribution is 4.83. The van der Waals surface area contributed by atoms with E-state index in [1.165, 1.54) is 0 Å². The minimum atomic E-state index is -4.10. The molecule has 0 radical (unpaired) electrons. The Kier molecular flexibility index (Phi) is 2.95. The summed E-state index contributed by atoms with van der Waals surface area (Å²) in [6, 6.07) is -0.584. The molecule has 1 aliphatic rings. The van der Waals surface area contributed by atoms with Crippen LogP contribution in [0.1, 0.15) is 25.7 Å². The van der Waals surface area contributed by atoms with Gasteiger partial charge in [-0.1, -0.05) is 12.8 Å². The second kappa shape index (κ2) is 3.62. The van der Waals surface area contributed by atoms with Gasteiger partial charge < -0.3 is 0 Å². The molecule has 0 amide bonds. The highest BCUT2D eigenvalue weighted by Gasteiger charge is 2.44. The van der Waals surface area contributed by atoms with Crippen LogP contribution in [0.2, 0.25) is 0 Å². The lowest BCUT2D eigenvalue weighted by atomic mass is 9.84. The van der Waals surface area contributed by atoms with Gasteiger partial charge in [0.1, 0.15) is 0 Å². The number of nitrogens with one attached hydrogen (secondary N) is 1. The molecular formula is C7H13F3N2. The van der Waals surface area contributed by atoms with E-state index in [4.69, 9.17) is 5.84 Å². The summed E-state index contributed by atoms with van der Waals surface area (Å²) in [6.07, 6.45) is -1.87. The third-order valence-corrected chi connectivity index (χ3v) is 2.40. The lowest BCUT2D eigenvalue weighted by Crippen LogP contribution is -2.48. The van der Waals surface area contributed by atoms with E-state index < -0.39 is 18.1 Å². The van der Waals surface area contributed by atoms with Crippen LogP contribution in [-0.2, 0) is 0 Å². The monoisotopic (exact) mass is 182 g/mol. The molecule has 0 aromatic carbocycles. The van der Waals surface area contributed by atoms with E-state index >= 15 is 0 Å². The van der Waals surface area contributed by atoms with Gasteiger partial charge in [0.25, 0.3) is 0 Å². The lowest BCUT2D eigenvalue weighted by molar-refractivity contribution is -0.188. The number of rotatable bonds is 1. The largest absolute Gasteiger partial charge is 0.393 e. The molecule has 0 saturated heterocycles. The van der Waals surface area contributed by atoms with Gasteiger partial charge in [-0.3, -0.25) is 11.3 Å². The van der Waals surface area contributed by atoms with Crippen molar-refractivity contribution in [2.24, 2.45) is 11.8 Å². The van der Waals surface area contributed by atoms with Crippen LogP contribution in [0.5, 0.6) is 0 Å². The van der Waals surface area contributed by atoms with E-state index in [1.807, 2.05) is 0 Å². The molecule has 0 heterocycles. The van der Waals surface area contributed by atoms with Crippen LogP contribution in [0.15, 0.2) is 0 Å². The summed E-state index contributed by atoms with van der Waals surface area (Å²) in [5, 5.41) is 0. The number of alkyl halides is 3. The van der Waals surface area contributed by atoms with Crippen molar-refractivity contribution in [3.63, 3.8) is 0 Å². The van der Waals surface area contributed by atoms with Gasteiger partial charge in [0.05, 0.1) is 5.92 Å². The Morgan fingerprint density at radius 1 is 1.17 bits per heavy atom. The number of hydrazine groups is 1. The van der Waals surface area contributed by atoms with Gasteiger partial charge >= 0.3 is 6.18 Å². The lowest BCUT2D eigenvalue weighted by Gasteiger charge is -2.32. The topological polar surface area (TPSA) is 38.0 Å². The third kappa shape index (κ3) is 2.10. The fourth-order valence-electron chi connectivity index (χ4n) is 1.72. The van der Waals surface area contributed by atoms with Crippen molar-refractivity contribution in [3.05, 3.63) is 0 Å². The predicted octanol–water partition coefficient (Wildman–Crippen LogP) is 1.57. The fraction of sp³-hybridized carbons (Fsp3) is 1.00. The summed E-state index contributed by atoms with van der Waals surface area (Å²) in [5.41, 5.74) is 2.24. The van der Waals surface area contributed by atoms with Gasteiger partial charge in [0, 0.05) is 6.04 Å². The first kappa shape index (κ1) is 9.80. The number of hydrogen-bond donors (Lipinski definition) is 2. The Balaban J connectivity index is 2.59. The van der Waals surface area contributed by atoms with Crippen LogP contribution < -0.4 is 11.3 Å². The van der Waals surface area contributed by atoms with Crippen molar-refractivity contribution < 1.29 is 13.2 Å². The molecular weight excluding hydrogens is 169 g/mol. The summed E-state index contributed by atoms with van der Waals surface area (Å²) in [5.74, 6) is 3.79. The smallest absolute Gasteiger partial charge is 0.271 e. The zero-order chi connectivity index (χ0) is 9.19. The maximum atomic E-state index is 12.3. The zero-order valence-electron chi connectivity index (χ0n) is 6.69. The summed E-state index contributed by atoms with van der Waals surface area (Å²) in [4.78, 5) is 0. The Labute approximate surface area is 69.3 Å². The normalized spacial score (nSPS) is 32.0. The molecule has 2 atom stereocenters. The van der Waals surface area contributed by atoms with Crippen LogP contribution in [0, 0.1) is 5.92 Å². The van der Waals surface area contributed by atoms with Gasteiger partial charge in [0.15, 0.2) is 0 Å². The van der Waals surface area contributed by atoms with E-state index in [9.17, 15) is 13.2 Å². The molecule has 5 heteroatoms. The molecule has 0 bridgehead atoms. The first-order valence-corrected chi connectivity index (χ1v) is 4.08. The van der Waals surface area contributed by atoms with Crippen LogP contribution in [-0.4, -0.2) is 12.2 Å².